The molecule has 3 N–H and O–H groups in total. The van der Waals surface area contributed by atoms with E-state index in [9.17, 15) is 9.59 Å². The number of hydrogen-bond donors (Lipinski definition) is 2. The summed E-state index contributed by atoms with van der Waals surface area (Å²) in [5, 5.41) is 2.75. The minimum absolute atomic E-state index is 0.310. The van der Waals surface area contributed by atoms with Gasteiger partial charge in [0.1, 0.15) is 18.4 Å². The smallest absolute Gasteiger partial charge is 0.251 e. The fourth-order valence-corrected chi connectivity index (χ4v) is 3.27. The van der Waals surface area contributed by atoms with Crippen molar-refractivity contribution in [3.63, 3.8) is 0 Å². The average Bonchev–Trinajstić information content (AvgIpc) is 2.72. The van der Waals surface area contributed by atoms with Crippen molar-refractivity contribution in [3.05, 3.63) is 101 Å². The van der Waals surface area contributed by atoms with Crippen molar-refractivity contribution in [2.45, 2.75) is 32.9 Å². The van der Waals surface area contributed by atoms with Gasteiger partial charge in [0.25, 0.3) is 5.91 Å². The number of primary amides is 1. The lowest BCUT2D eigenvalue weighted by molar-refractivity contribution is -0.119. The molecule has 3 aromatic rings. The first-order valence-electron chi connectivity index (χ1n) is 9.85. The molecule has 2 amide bonds. The predicted molar refractivity (Wildman–Crippen MR) is 117 cm³/mol. The molecule has 0 spiro atoms. The summed E-state index contributed by atoms with van der Waals surface area (Å²) in [5.74, 6) is -0.150. The fraction of sp³-hybridized carbons (Fsp3) is 0.200. The molecule has 0 aliphatic carbocycles. The third-order valence-corrected chi connectivity index (χ3v) is 4.74. The van der Waals surface area contributed by atoms with Crippen LogP contribution in [0.4, 0.5) is 0 Å². The highest BCUT2D eigenvalue weighted by molar-refractivity contribution is 5.97. The topological polar surface area (TPSA) is 81.4 Å². The van der Waals surface area contributed by atoms with E-state index in [-0.39, 0.29) is 5.91 Å². The zero-order valence-corrected chi connectivity index (χ0v) is 17.2. The van der Waals surface area contributed by atoms with Crippen LogP contribution in [0, 0.1) is 13.8 Å². The molecule has 0 radical (unpaired) electrons. The van der Waals surface area contributed by atoms with Gasteiger partial charge in [-0.05, 0) is 49.2 Å². The lowest BCUT2D eigenvalue weighted by Crippen LogP contribution is -2.45. The van der Waals surface area contributed by atoms with Crippen molar-refractivity contribution in [2.75, 3.05) is 0 Å². The highest BCUT2D eigenvalue weighted by Crippen LogP contribution is 2.16. The SMILES string of the molecule is Cc1cc(C)cc(C(=O)N[C@H](Cc2ccc(OCc3ccccc3)cc2)C(N)=O)c1. The van der Waals surface area contributed by atoms with Crippen LogP contribution < -0.4 is 15.8 Å². The highest BCUT2D eigenvalue weighted by Gasteiger charge is 2.20. The lowest BCUT2D eigenvalue weighted by Gasteiger charge is -2.16. The minimum Gasteiger partial charge on any atom is -0.489 e. The number of aryl methyl sites for hydroxylation is 2. The van der Waals surface area contributed by atoms with Crippen molar-refractivity contribution in [1.29, 1.82) is 0 Å². The van der Waals surface area contributed by atoms with E-state index >= 15 is 0 Å². The minimum atomic E-state index is -0.797. The number of ether oxygens (including phenoxy) is 1. The molecule has 3 aromatic carbocycles. The monoisotopic (exact) mass is 402 g/mol. The maximum atomic E-state index is 12.6. The van der Waals surface area contributed by atoms with Crippen LogP contribution in [-0.4, -0.2) is 17.9 Å². The van der Waals surface area contributed by atoms with Crippen LogP contribution >= 0.6 is 0 Å². The average molecular weight is 402 g/mol. The summed E-state index contributed by atoms with van der Waals surface area (Å²) in [5.41, 5.74) is 10.00. The first kappa shape index (κ1) is 21.1. The number of amides is 2. The quantitative estimate of drug-likeness (QED) is 0.603. The predicted octanol–water partition coefficient (Wildman–Crippen LogP) is 3.71. The van der Waals surface area contributed by atoms with E-state index in [0.717, 1.165) is 28.0 Å². The van der Waals surface area contributed by atoms with Crippen LogP contribution in [-0.2, 0) is 17.8 Å². The summed E-state index contributed by atoms with van der Waals surface area (Å²) >= 11 is 0. The molecular weight excluding hydrogens is 376 g/mol. The van der Waals surface area contributed by atoms with Gasteiger partial charge in [0, 0.05) is 12.0 Å². The maximum Gasteiger partial charge on any atom is 0.251 e. The maximum absolute atomic E-state index is 12.6. The normalized spacial score (nSPS) is 11.5. The van der Waals surface area contributed by atoms with Gasteiger partial charge in [-0.15, -0.1) is 0 Å². The van der Waals surface area contributed by atoms with Crippen LogP contribution in [0.1, 0.15) is 32.6 Å². The number of rotatable bonds is 8. The van der Waals surface area contributed by atoms with Crippen molar-refractivity contribution in [2.24, 2.45) is 5.73 Å². The van der Waals surface area contributed by atoms with Crippen LogP contribution in [0.5, 0.6) is 5.75 Å². The number of nitrogens with two attached hydrogens (primary N) is 1. The summed E-state index contributed by atoms with van der Waals surface area (Å²) in [6.45, 7) is 4.34. The third kappa shape index (κ3) is 5.95. The van der Waals surface area contributed by atoms with Crippen LogP contribution in [0.15, 0.2) is 72.8 Å². The van der Waals surface area contributed by atoms with E-state index in [2.05, 4.69) is 5.32 Å². The van der Waals surface area contributed by atoms with Gasteiger partial charge < -0.3 is 15.8 Å². The molecule has 0 aliphatic rings. The van der Waals surface area contributed by atoms with E-state index in [1.54, 1.807) is 12.1 Å². The Bertz CT molecular complexity index is 994. The Morgan fingerprint density at radius 1 is 0.900 bits per heavy atom. The van der Waals surface area contributed by atoms with Crippen molar-refractivity contribution in [1.82, 2.24) is 5.32 Å². The molecular formula is C25H26N2O3. The molecule has 0 aromatic heterocycles. The van der Waals surface area contributed by atoms with Gasteiger partial charge in [0.05, 0.1) is 0 Å². The van der Waals surface area contributed by atoms with Gasteiger partial charge in [0.15, 0.2) is 0 Å². The Hall–Kier alpha value is -3.60. The largest absolute Gasteiger partial charge is 0.489 e. The Balaban J connectivity index is 1.62. The molecule has 5 heteroatoms. The Morgan fingerprint density at radius 3 is 2.13 bits per heavy atom. The van der Waals surface area contributed by atoms with Gasteiger partial charge in [-0.2, -0.15) is 0 Å². The molecule has 0 saturated heterocycles. The summed E-state index contributed by atoms with van der Waals surface area (Å²) in [4.78, 5) is 24.5. The standard InChI is InChI=1S/C25H26N2O3/c1-17-12-18(2)14-21(13-17)25(29)27-23(24(26)28)15-19-8-10-22(11-9-19)30-16-20-6-4-3-5-7-20/h3-14,23H,15-16H2,1-2H3,(H2,26,28)(H,27,29)/t23-/m1/s1. The molecule has 0 saturated carbocycles. The summed E-state index contributed by atoms with van der Waals surface area (Å²) in [6.07, 6.45) is 0.310. The van der Waals surface area contributed by atoms with Crippen LogP contribution in [0.3, 0.4) is 0 Å². The van der Waals surface area contributed by atoms with Gasteiger partial charge >= 0.3 is 0 Å². The first-order chi connectivity index (χ1) is 14.4. The summed E-state index contributed by atoms with van der Waals surface area (Å²) in [7, 11) is 0. The van der Waals surface area contributed by atoms with E-state index in [4.69, 9.17) is 10.5 Å². The van der Waals surface area contributed by atoms with Gasteiger partial charge in [-0.25, -0.2) is 0 Å². The zero-order valence-electron chi connectivity index (χ0n) is 17.2. The van der Waals surface area contributed by atoms with E-state index in [0.29, 0.717) is 18.6 Å². The van der Waals surface area contributed by atoms with E-state index < -0.39 is 11.9 Å². The Morgan fingerprint density at radius 2 is 1.53 bits per heavy atom. The molecule has 0 bridgehead atoms. The molecule has 1 atom stereocenters. The molecule has 154 valence electrons. The molecule has 0 unspecified atom stereocenters. The van der Waals surface area contributed by atoms with Gasteiger partial charge in [0.2, 0.25) is 5.91 Å². The number of hydrogen-bond acceptors (Lipinski definition) is 3. The van der Waals surface area contributed by atoms with Crippen molar-refractivity contribution in [3.8, 4) is 5.75 Å². The second-order valence-electron chi connectivity index (χ2n) is 7.43. The second-order valence-corrected chi connectivity index (χ2v) is 7.43. The molecule has 5 nitrogen and oxygen atoms in total. The van der Waals surface area contributed by atoms with Gasteiger partial charge in [-0.3, -0.25) is 9.59 Å². The van der Waals surface area contributed by atoms with Crippen molar-refractivity contribution >= 4 is 11.8 Å². The molecule has 30 heavy (non-hydrogen) atoms. The van der Waals surface area contributed by atoms with E-state index in [1.807, 2.05) is 74.5 Å². The number of carbonyl (C=O) groups is 2. The molecule has 3 rings (SSSR count). The fourth-order valence-electron chi connectivity index (χ4n) is 3.27. The molecule has 0 aliphatic heterocycles. The van der Waals surface area contributed by atoms with Crippen LogP contribution in [0.25, 0.3) is 0 Å². The van der Waals surface area contributed by atoms with Crippen LogP contribution in [0.2, 0.25) is 0 Å². The third-order valence-electron chi connectivity index (χ3n) is 4.74. The first-order valence-corrected chi connectivity index (χ1v) is 9.85. The number of nitrogens with one attached hydrogen (secondary N) is 1. The highest BCUT2D eigenvalue weighted by atomic mass is 16.5. The summed E-state index contributed by atoms with van der Waals surface area (Å²) < 4.78 is 5.78. The van der Waals surface area contributed by atoms with E-state index in [1.165, 1.54) is 0 Å². The zero-order chi connectivity index (χ0) is 21.5. The molecule has 0 fully saturated rings. The Labute approximate surface area is 176 Å². The molecule has 0 heterocycles. The summed E-state index contributed by atoms with van der Waals surface area (Å²) in [6, 6.07) is 22.1. The Kier molecular flexibility index (Phi) is 6.86. The lowest BCUT2D eigenvalue weighted by atomic mass is 10.0. The van der Waals surface area contributed by atoms with Gasteiger partial charge in [-0.1, -0.05) is 59.7 Å². The number of carbonyl (C=O) groups excluding carboxylic acids is 2. The van der Waals surface area contributed by atoms with Crippen molar-refractivity contribution < 1.29 is 14.3 Å². The number of benzene rings is 3. The second kappa shape index (κ2) is 9.74.